The second kappa shape index (κ2) is 6.05. The molecule has 0 atom stereocenters. The fourth-order valence-corrected chi connectivity index (χ4v) is 2.86. The summed E-state index contributed by atoms with van der Waals surface area (Å²) in [6.07, 6.45) is 6.94. The molecule has 2 N–H and O–H groups in total. The fraction of sp³-hybridized carbons (Fsp3) is 0.294. The van der Waals surface area contributed by atoms with Gasteiger partial charge in [0.15, 0.2) is 0 Å². The van der Waals surface area contributed by atoms with E-state index in [-0.39, 0.29) is 11.5 Å². The van der Waals surface area contributed by atoms with Crippen molar-refractivity contribution in [2.45, 2.75) is 19.3 Å². The quantitative estimate of drug-likeness (QED) is 0.943. The van der Waals surface area contributed by atoms with Gasteiger partial charge in [0, 0.05) is 31.2 Å². The van der Waals surface area contributed by atoms with Crippen LogP contribution in [0.15, 0.2) is 42.7 Å². The first kappa shape index (κ1) is 14.4. The van der Waals surface area contributed by atoms with Crippen LogP contribution < -0.4 is 5.73 Å². The van der Waals surface area contributed by atoms with E-state index in [0.717, 1.165) is 38.0 Å². The van der Waals surface area contributed by atoms with E-state index < -0.39 is 5.91 Å². The highest BCUT2D eigenvalue weighted by Crippen LogP contribution is 2.19. The van der Waals surface area contributed by atoms with Crippen LogP contribution >= 0.6 is 0 Å². The number of primary amides is 1. The molecular weight excluding hydrogens is 278 g/mol. The SMILES string of the molecule is NC(=O)c1cc(-n2cccc2)ccc1C(=O)N1CCCCC1. The lowest BCUT2D eigenvalue weighted by Gasteiger charge is -2.27. The number of carbonyl (C=O) groups excluding carboxylic acids is 2. The summed E-state index contributed by atoms with van der Waals surface area (Å²) in [6, 6.07) is 9.02. The van der Waals surface area contributed by atoms with E-state index in [1.165, 1.54) is 0 Å². The molecule has 114 valence electrons. The van der Waals surface area contributed by atoms with Crippen LogP contribution in [-0.2, 0) is 0 Å². The largest absolute Gasteiger partial charge is 0.366 e. The number of piperidine rings is 1. The van der Waals surface area contributed by atoms with Crippen LogP contribution in [0.3, 0.4) is 0 Å². The number of aromatic nitrogens is 1. The topological polar surface area (TPSA) is 68.3 Å². The molecule has 2 amide bonds. The molecule has 0 aliphatic carbocycles. The molecule has 5 nitrogen and oxygen atoms in total. The number of hydrogen-bond acceptors (Lipinski definition) is 2. The van der Waals surface area contributed by atoms with Crippen molar-refractivity contribution in [2.75, 3.05) is 13.1 Å². The predicted octanol–water partition coefficient (Wildman–Crippen LogP) is 2.20. The first-order valence-corrected chi connectivity index (χ1v) is 7.53. The van der Waals surface area contributed by atoms with Crippen molar-refractivity contribution in [1.82, 2.24) is 9.47 Å². The summed E-state index contributed by atoms with van der Waals surface area (Å²) in [5.41, 5.74) is 6.97. The zero-order chi connectivity index (χ0) is 15.5. The van der Waals surface area contributed by atoms with Crippen molar-refractivity contribution in [3.8, 4) is 5.69 Å². The van der Waals surface area contributed by atoms with Crippen molar-refractivity contribution in [2.24, 2.45) is 5.73 Å². The van der Waals surface area contributed by atoms with Gasteiger partial charge in [0.2, 0.25) is 5.91 Å². The smallest absolute Gasteiger partial charge is 0.254 e. The normalized spacial score (nSPS) is 14.8. The van der Waals surface area contributed by atoms with Crippen LogP contribution in [0.25, 0.3) is 5.69 Å². The van der Waals surface area contributed by atoms with E-state index in [1.807, 2.05) is 35.2 Å². The maximum Gasteiger partial charge on any atom is 0.254 e. The van der Waals surface area contributed by atoms with E-state index in [2.05, 4.69) is 0 Å². The van der Waals surface area contributed by atoms with E-state index >= 15 is 0 Å². The van der Waals surface area contributed by atoms with Crippen LogP contribution in [0, 0.1) is 0 Å². The Kier molecular flexibility index (Phi) is 3.96. The minimum absolute atomic E-state index is 0.104. The van der Waals surface area contributed by atoms with E-state index in [1.54, 1.807) is 17.0 Å². The summed E-state index contributed by atoms with van der Waals surface area (Å²) >= 11 is 0. The first-order chi connectivity index (χ1) is 10.7. The molecule has 22 heavy (non-hydrogen) atoms. The van der Waals surface area contributed by atoms with E-state index in [9.17, 15) is 9.59 Å². The Bertz CT molecular complexity index is 686. The summed E-state index contributed by atoms with van der Waals surface area (Å²) in [7, 11) is 0. The number of nitrogens with two attached hydrogens (primary N) is 1. The van der Waals surface area contributed by atoms with Gasteiger partial charge in [-0.2, -0.15) is 0 Å². The van der Waals surface area contributed by atoms with Gasteiger partial charge in [-0.3, -0.25) is 9.59 Å². The molecule has 1 aromatic carbocycles. The lowest BCUT2D eigenvalue weighted by atomic mass is 10.0. The fourth-order valence-electron chi connectivity index (χ4n) is 2.86. The maximum absolute atomic E-state index is 12.6. The van der Waals surface area contributed by atoms with Crippen molar-refractivity contribution in [3.63, 3.8) is 0 Å². The second-order valence-corrected chi connectivity index (χ2v) is 5.54. The van der Waals surface area contributed by atoms with Crippen LogP contribution in [-0.4, -0.2) is 34.4 Å². The van der Waals surface area contributed by atoms with Gasteiger partial charge in [-0.25, -0.2) is 0 Å². The second-order valence-electron chi connectivity index (χ2n) is 5.54. The third-order valence-corrected chi connectivity index (χ3v) is 4.04. The molecule has 1 aliphatic heterocycles. The molecule has 1 aromatic heterocycles. The van der Waals surface area contributed by atoms with Gasteiger partial charge in [-0.05, 0) is 49.6 Å². The minimum atomic E-state index is -0.575. The van der Waals surface area contributed by atoms with Gasteiger partial charge in [0.1, 0.15) is 0 Å². The molecule has 0 bridgehead atoms. The monoisotopic (exact) mass is 297 g/mol. The molecular formula is C17H19N3O2. The minimum Gasteiger partial charge on any atom is -0.366 e. The third-order valence-electron chi connectivity index (χ3n) is 4.04. The molecule has 2 aromatic rings. The molecule has 2 heterocycles. The molecule has 5 heteroatoms. The van der Waals surface area contributed by atoms with E-state index in [0.29, 0.717) is 5.56 Å². The molecule has 3 rings (SSSR count). The van der Waals surface area contributed by atoms with Gasteiger partial charge in [0.05, 0.1) is 11.1 Å². The van der Waals surface area contributed by atoms with Gasteiger partial charge in [0.25, 0.3) is 5.91 Å². The van der Waals surface area contributed by atoms with Crippen molar-refractivity contribution < 1.29 is 9.59 Å². The number of carbonyl (C=O) groups is 2. The molecule has 0 spiro atoms. The highest BCUT2D eigenvalue weighted by molar-refractivity contribution is 6.07. The van der Waals surface area contributed by atoms with Crippen LogP contribution in [0.1, 0.15) is 40.0 Å². The standard InChI is InChI=1S/C17H19N3O2/c18-16(21)15-12-13(19-8-4-5-9-19)6-7-14(15)17(22)20-10-2-1-3-11-20/h4-9,12H,1-3,10-11H2,(H2,18,21). The third kappa shape index (κ3) is 2.74. The summed E-state index contributed by atoms with van der Waals surface area (Å²) in [5, 5.41) is 0. The molecule has 0 radical (unpaired) electrons. The Labute approximate surface area is 129 Å². The predicted molar refractivity (Wildman–Crippen MR) is 84.0 cm³/mol. The zero-order valence-electron chi connectivity index (χ0n) is 12.4. The number of nitrogens with zero attached hydrogens (tertiary/aromatic N) is 2. The average molecular weight is 297 g/mol. The number of hydrogen-bond donors (Lipinski definition) is 1. The number of benzene rings is 1. The lowest BCUT2D eigenvalue weighted by Crippen LogP contribution is -2.36. The lowest BCUT2D eigenvalue weighted by molar-refractivity contribution is 0.0719. The molecule has 1 aliphatic rings. The van der Waals surface area contributed by atoms with Gasteiger partial charge in [-0.1, -0.05) is 0 Å². The number of amides is 2. The summed E-state index contributed by atoms with van der Waals surface area (Å²) in [4.78, 5) is 26.2. The van der Waals surface area contributed by atoms with Crippen molar-refractivity contribution >= 4 is 11.8 Å². The summed E-state index contributed by atoms with van der Waals surface area (Å²) in [6.45, 7) is 1.49. The molecule has 1 fully saturated rings. The van der Waals surface area contributed by atoms with E-state index in [4.69, 9.17) is 5.73 Å². The first-order valence-electron chi connectivity index (χ1n) is 7.53. The van der Waals surface area contributed by atoms with Crippen molar-refractivity contribution in [1.29, 1.82) is 0 Å². The maximum atomic E-state index is 12.6. The van der Waals surface area contributed by atoms with Crippen LogP contribution in [0.5, 0.6) is 0 Å². The highest BCUT2D eigenvalue weighted by Gasteiger charge is 2.22. The average Bonchev–Trinajstić information content (AvgIpc) is 3.09. The van der Waals surface area contributed by atoms with Gasteiger partial charge >= 0.3 is 0 Å². The summed E-state index contributed by atoms with van der Waals surface area (Å²) in [5.74, 6) is -0.679. The Morgan fingerprint density at radius 3 is 2.27 bits per heavy atom. The molecule has 1 saturated heterocycles. The number of likely N-dealkylation sites (tertiary alicyclic amines) is 1. The Morgan fingerprint density at radius 2 is 1.64 bits per heavy atom. The molecule has 0 saturated carbocycles. The number of rotatable bonds is 3. The Hall–Kier alpha value is -2.56. The Balaban J connectivity index is 1.96. The van der Waals surface area contributed by atoms with Gasteiger partial charge < -0.3 is 15.2 Å². The van der Waals surface area contributed by atoms with Gasteiger partial charge in [-0.15, -0.1) is 0 Å². The van der Waals surface area contributed by atoms with Crippen LogP contribution in [0.2, 0.25) is 0 Å². The zero-order valence-corrected chi connectivity index (χ0v) is 12.4. The summed E-state index contributed by atoms with van der Waals surface area (Å²) < 4.78 is 1.88. The van der Waals surface area contributed by atoms with Crippen LogP contribution in [0.4, 0.5) is 0 Å². The molecule has 0 unspecified atom stereocenters. The highest BCUT2D eigenvalue weighted by atomic mass is 16.2. The Morgan fingerprint density at radius 1 is 0.955 bits per heavy atom. The van der Waals surface area contributed by atoms with Crippen molar-refractivity contribution in [3.05, 3.63) is 53.9 Å².